The molecule has 1 aliphatic rings. The van der Waals surface area contributed by atoms with E-state index in [0.717, 1.165) is 0 Å². The van der Waals surface area contributed by atoms with Crippen LogP contribution in [0, 0.1) is 0 Å². The fourth-order valence-corrected chi connectivity index (χ4v) is 1.87. The standard InChI is InChI=1S/C15H20N2O4/c1-15(2,3)21-14(19)16-12-6-4-11(5-7-12)13(18)17-8-9-20-10-17/h4-7H,8-10H2,1-3H3,(H,16,19). The van der Waals surface area contributed by atoms with Crippen LogP contribution >= 0.6 is 0 Å². The largest absolute Gasteiger partial charge is 0.444 e. The Bertz CT molecular complexity index is 513. The van der Waals surface area contributed by atoms with Gasteiger partial charge in [-0.05, 0) is 45.0 Å². The number of carbonyl (C=O) groups is 2. The van der Waals surface area contributed by atoms with Crippen LogP contribution in [-0.4, -0.2) is 42.4 Å². The normalized spacial score (nSPS) is 14.9. The Morgan fingerprint density at radius 2 is 1.90 bits per heavy atom. The summed E-state index contributed by atoms with van der Waals surface area (Å²) in [5.74, 6) is -0.0729. The quantitative estimate of drug-likeness (QED) is 0.909. The fourth-order valence-electron chi connectivity index (χ4n) is 1.87. The average Bonchev–Trinajstić information content (AvgIpc) is 2.90. The second kappa shape index (κ2) is 6.13. The molecule has 1 aliphatic heterocycles. The number of hydrogen-bond donors (Lipinski definition) is 1. The number of hydrogen-bond acceptors (Lipinski definition) is 4. The predicted molar refractivity (Wildman–Crippen MR) is 78.2 cm³/mol. The van der Waals surface area contributed by atoms with Crippen LogP contribution in [-0.2, 0) is 9.47 Å². The third kappa shape index (κ3) is 4.46. The Labute approximate surface area is 124 Å². The van der Waals surface area contributed by atoms with Crippen LogP contribution in [0.4, 0.5) is 10.5 Å². The summed E-state index contributed by atoms with van der Waals surface area (Å²) in [6.07, 6.45) is -0.519. The van der Waals surface area contributed by atoms with Crippen molar-refractivity contribution in [3.8, 4) is 0 Å². The number of ether oxygens (including phenoxy) is 2. The van der Waals surface area contributed by atoms with Crippen molar-refractivity contribution in [3.05, 3.63) is 29.8 Å². The summed E-state index contributed by atoms with van der Waals surface area (Å²) in [6.45, 7) is 6.91. The summed E-state index contributed by atoms with van der Waals surface area (Å²) in [5, 5.41) is 2.62. The van der Waals surface area contributed by atoms with Gasteiger partial charge in [-0.3, -0.25) is 10.1 Å². The van der Waals surface area contributed by atoms with Gasteiger partial charge in [-0.1, -0.05) is 0 Å². The van der Waals surface area contributed by atoms with E-state index in [-0.39, 0.29) is 5.91 Å². The van der Waals surface area contributed by atoms with Gasteiger partial charge in [0.25, 0.3) is 5.91 Å². The molecule has 1 heterocycles. The van der Waals surface area contributed by atoms with Crippen molar-refractivity contribution < 1.29 is 19.1 Å². The van der Waals surface area contributed by atoms with Crippen LogP contribution in [0.25, 0.3) is 0 Å². The number of rotatable bonds is 2. The lowest BCUT2D eigenvalue weighted by Crippen LogP contribution is -2.28. The molecule has 6 heteroatoms. The van der Waals surface area contributed by atoms with Crippen molar-refractivity contribution in [2.45, 2.75) is 26.4 Å². The number of nitrogens with one attached hydrogen (secondary N) is 1. The smallest absolute Gasteiger partial charge is 0.412 e. The van der Waals surface area contributed by atoms with Gasteiger partial charge in [0.15, 0.2) is 0 Å². The van der Waals surface area contributed by atoms with Crippen LogP contribution in [0.2, 0.25) is 0 Å². The molecule has 1 N–H and O–H groups in total. The third-order valence-electron chi connectivity index (χ3n) is 2.82. The molecule has 0 aliphatic carbocycles. The van der Waals surface area contributed by atoms with Crippen LogP contribution in [0.3, 0.4) is 0 Å². The first kappa shape index (κ1) is 15.3. The molecule has 0 saturated carbocycles. The van der Waals surface area contributed by atoms with Gasteiger partial charge in [0.2, 0.25) is 0 Å². The van der Waals surface area contributed by atoms with E-state index in [1.165, 1.54) is 0 Å². The Balaban J connectivity index is 1.95. The van der Waals surface area contributed by atoms with Gasteiger partial charge >= 0.3 is 6.09 Å². The van der Waals surface area contributed by atoms with E-state index in [0.29, 0.717) is 31.1 Å². The zero-order valence-electron chi connectivity index (χ0n) is 12.5. The summed E-state index contributed by atoms with van der Waals surface area (Å²) in [5.41, 5.74) is 0.601. The second-order valence-corrected chi connectivity index (χ2v) is 5.81. The third-order valence-corrected chi connectivity index (χ3v) is 2.82. The Morgan fingerprint density at radius 1 is 1.24 bits per heavy atom. The van der Waals surface area contributed by atoms with E-state index in [1.54, 1.807) is 49.9 Å². The SMILES string of the molecule is CC(C)(C)OC(=O)Nc1ccc(C(=O)N2CCOC2)cc1. The molecule has 6 nitrogen and oxygen atoms in total. The van der Waals surface area contributed by atoms with Crippen LogP contribution in [0.5, 0.6) is 0 Å². The van der Waals surface area contributed by atoms with Crippen molar-refractivity contribution in [3.63, 3.8) is 0 Å². The van der Waals surface area contributed by atoms with Crippen molar-refractivity contribution in [2.24, 2.45) is 0 Å². The minimum atomic E-state index is -0.546. The molecule has 2 rings (SSSR count). The van der Waals surface area contributed by atoms with Crippen molar-refractivity contribution >= 4 is 17.7 Å². The lowest BCUT2D eigenvalue weighted by Gasteiger charge is -2.19. The highest BCUT2D eigenvalue weighted by Crippen LogP contribution is 2.15. The van der Waals surface area contributed by atoms with Gasteiger partial charge in [0.1, 0.15) is 12.3 Å². The highest BCUT2D eigenvalue weighted by atomic mass is 16.6. The summed E-state index contributed by atoms with van der Waals surface area (Å²) in [7, 11) is 0. The maximum Gasteiger partial charge on any atom is 0.412 e. The molecule has 0 bridgehead atoms. The molecule has 1 saturated heterocycles. The van der Waals surface area contributed by atoms with Crippen molar-refractivity contribution in [1.82, 2.24) is 4.90 Å². The Hall–Kier alpha value is -2.08. The summed E-state index contributed by atoms with van der Waals surface area (Å²) < 4.78 is 10.3. The topological polar surface area (TPSA) is 67.9 Å². The van der Waals surface area contributed by atoms with Crippen LogP contribution in [0.15, 0.2) is 24.3 Å². The lowest BCUT2D eigenvalue weighted by molar-refractivity contribution is 0.0635. The monoisotopic (exact) mass is 292 g/mol. The summed E-state index contributed by atoms with van der Waals surface area (Å²) >= 11 is 0. The fraction of sp³-hybridized carbons (Fsp3) is 0.467. The lowest BCUT2D eigenvalue weighted by atomic mass is 10.2. The molecule has 1 fully saturated rings. The maximum atomic E-state index is 12.1. The molecule has 1 aromatic rings. The van der Waals surface area contributed by atoms with Gasteiger partial charge in [-0.25, -0.2) is 4.79 Å². The van der Waals surface area contributed by atoms with Gasteiger partial charge in [0.05, 0.1) is 6.61 Å². The molecule has 0 radical (unpaired) electrons. The molecular formula is C15H20N2O4. The first-order chi connectivity index (χ1) is 9.85. The van der Waals surface area contributed by atoms with Gasteiger partial charge in [-0.15, -0.1) is 0 Å². The number of anilines is 1. The summed E-state index contributed by atoms with van der Waals surface area (Å²) in [4.78, 5) is 25.4. The highest BCUT2D eigenvalue weighted by molar-refractivity contribution is 5.95. The number of benzene rings is 1. The first-order valence-corrected chi connectivity index (χ1v) is 6.82. The Morgan fingerprint density at radius 3 is 2.43 bits per heavy atom. The van der Waals surface area contributed by atoms with E-state index in [1.807, 2.05) is 0 Å². The molecule has 2 amide bonds. The summed E-state index contributed by atoms with van der Waals surface area (Å²) in [6, 6.07) is 6.70. The molecule has 114 valence electrons. The van der Waals surface area contributed by atoms with Gasteiger partial charge in [0, 0.05) is 17.8 Å². The van der Waals surface area contributed by atoms with E-state index in [9.17, 15) is 9.59 Å². The molecule has 0 atom stereocenters. The second-order valence-electron chi connectivity index (χ2n) is 5.81. The predicted octanol–water partition coefficient (Wildman–Crippen LogP) is 2.46. The molecular weight excluding hydrogens is 272 g/mol. The molecule has 0 spiro atoms. The number of nitrogens with zero attached hydrogens (tertiary/aromatic N) is 1. The number of carbonyl (C=O) groups excluding carboxylic acids is 2. The Kier molecular flexibility index (Phi) is 4.47. The zero-order valence-corrected chi connectivity index (χ0v) is 12.5. The molecule has 0 unspecified atom stereocenters. The first-order valence-electron chi connectivity index (χ1n) is 6.82. The maximum absolute atomic E-state index is 12.1. The number of amides is 2. The van der Waals surface area contributed by atoms with E-state index < -0.39 is 11.7 Å². The van der Waals surface area contributed by atoms with Crippen LogP contribution < -0.4 is 5.32 Å². The minimum absolute atomic E-state index is 0.0729. The van der Waals surface area contributed by atoms with E-state index in [2.05, 4.69) is 5.32 Å². The minimum Gasteiger partial charge on any atom is -0.444 e. The molecule has 21 heavy (non-hydrogen) atoms. The van der Waals surface area contributed by atoms with Crippen molar-refractivity contribution in [1.29, 1.82) is 0 Å². The van der Waals surface area contributed by atoms with E-state index >= 15 is 0 Å². The van der Waals surface area contributed by atoms with Gasteiger partial charge < -0.3 is 14.4 Å². The zero-order chi connectivity index (χ0) is 15.5. The molecule has 1 aromatic carbocycles. The average molecular weight is 292 g/mol. The molecule has 0 aromatic heterocycles. The van der Waals surface area contributed by atoms with Crippen molar-refractivity contribution in [2.75, 3.05) is 25.2 Å². The highest BCUT2D eigenvalue weighted by Gasteiger charge is 2.20. The van der Waals surface area contributed by atoms with E-state index in [4.69, 9.17) is 9.47 Å². The van der Waals surface area contributed by atoms with Crippen LogP contribution in [0.1, 0.15) is 31.1 Å². The van der Waals surface area contributed by atoms with Gasteiger partial charge in [-0.2, -0.15) is 0 Å².